The van der Waals surface area contributed by atoms with Gasteiger partial charge in [-0.1, -0.05) is 17.7 Å². The van der Waals surface area contributed by atoms with E-state index in [2.05, 4.69) is 9.88 Å². The number of fused-ring (bicyclic) bond motifs is 1. The number of aromatic nitrogens is 1. The van der Waals surface area contributed by atoms with Gasteiger partial charge in [0, 0.05) is 50.4 Å². The molecule has 5 nitrogen and oxygen atoms in total. The standard InChI is InChI=1S/C20H23N3O2/c1-15-4-6-16(7-5-15)20(24)23-10-9-22-14-19(11-17(22)13-23)25-18-3-2-8-21-12-18/h2-8,12,17,19H,9-11,13-14H2,1H3/t17-,19+/m0/s1. The van der Waals surface area contributed by atoms with Gasteiger partial charge >= 0.3 is 0 Å². The van der Waals surface area contributed by atoms with E-state index >= 15 is 0 Å². The number of pyridine rings is 1. The molecule has 0 radical (unpaired) electrons. The highest BCUT2D eigenvalue weighted by atomic mass is 16.5. The van der Waals surface area contributed by atoms with Gasteiger partial charge < -0.3 is 9.64 Å². The summed E-state index contributed by atoms with van der Waals surface area (Å²) in [6, 6.07) is 12.1. The fourth-order valence-corrected chi connectivity index (χ4v) is 3.75. The van der Waals surface area contributed by atoms with Crippen molar-refractivity contribution < 1.29 is 9.53 Å². The predicted molar refractivity (Wildman–Crippen MR) is 95.7 cm³/mol. The largest absolute Gasteiger partial charge is 0.487 e. The van der Waals surface area contributed by atoms with Crippen LogP contribution in [0.25, 0.3) is 0 Å². The first kappa shape index (κ1) is 16.1. The van der Waals surface area contributed by atoms with Crippen molar-refractivity contribution in [3.05, 3.63) is 59.9 Å². The van der Waals surface area contributed by atoms with Crippen molar-refractivity contribution in [3.63, 3.8) is 0 Å². The number of hydrogen-bond donors (Lipinski definition) is 0. The molecule has 1 aromatic heterocycles. The second-order valence-corrected chi connectivity index (χ2v) is 6.93. The van der Waals surface area contributed by atoms with Crippen LogP contribution in [0.2, 0.25) is 0 Å². The maximum Gasteiger partial charge on any atom is 0.253 e. The van der Waals surface area contributed by atoms with Gasteiger partial charge in [0.2, 0.25) is 0 Å². The number of ether oxygens (including phenoxy) is 1. The monoisotopic (exact) mass is 337 g/mol. The first-order chi connectivity index (χ1) is 12.2. The second-order valence-electron chi connectivity index (χ2n) is 6.93. The Balaban J connectivity index is 1.38. The van der Waals surface area contributed by atoms with Crippen LogP contribution in [-0.2, 0) is 0 Å². The molecule has 3 heterocycles. The average molecular weight is 337 g/mol. The Bertz CT molecular complexity index is 732. The first-order valence-electron chi connectivity index (χ1n) is 8.86. The van der Waals surface area contributed by atoms with Crippen LogP contribution in [0.5, 0.6) is 5.75 Å². The molecule has 0 aliphatic carbocycles. The Morgan fingerprint density at radius 3 is 2.76 bits per heavy atom. The highest BCUT2D eigenvalue weighted by Crippen LogP contribution is 2.26. The number of amides is 1. The summed E-state index contributed by atoms with van der Waals surface area (Å²) in [6.45, 7) is 5.43. The minimum Gasteiger partial charge on any atom is -0.487 e. The van der Waals surface area contributed by atoms with Crippen LogP contribution in [0.15, 0.2) is 48.8 Å². The van der Waals surface area contributed by atoms with E-state index in [1.165, 1.54) is 5.56 Å². The van der Waals surface area contributed by atoms with Gasteiger partial charge in [0.25, 0.3) is 5.91 Å². The van der Waals surface area contributed by atoms with Gasteiger partial charge in [0.15, 0.2) is 0 Å². The number of benzene rings is 1. The molecule has 4 rings (SSSR count). The van der Waals surface area contributed by atoms with Crippen LogP contribution >= 0.6 is 0 Å². The van der Waals surface area contributed by atoms with E-state index in [0.717, 1.165) is 43.9 Å². The minimum atomic E-state index is 0.135. The lowest BCUT2D eigenvalue weighted by atomic mass is 10.1. The number of piperazine rings is 1. The van der Waals surface area contributed by atoms with Crippen LogP contribution in [0.3, 0.4) is 0 Å². The van der Waals surface area contributed by atoms with Crippen LogP contribution in [0.1, 0.15) is 22.3 Å². The topological polar surface area (TPSA) is 45.7 Å². The lowest BCUT2D eigenvalue weighted by Gasteiger charge is -2.37. The van der Waals surface area contributed by atoms with Crippen molar-refractivity contribution >= 4 is 5.91 Å². The molecule has 2 saturated heterocycles. The van der Waals surface area contributed by atoms with Gasteiger partial charge in [-0.2, -0.15) is 0 Å². The quantitative estimate of drug-likeness (QED) is 0.863. The van der Waals surface area contributed by atoms with Gasteiger partial charge in [-0.15, -0.1) is 0 Å². The van der Waals surface area contributed by atoms with Crippen molar-refractivity contribution in [3.8, 4) is 5.75 Å². The van der Waals surface area contributed by atoms with Gasteiger partial charge in [0.05, 0.1) is 6.20 Å². The second kappa shape index (κ2) is 6.84. The number of hydrogen-bond acceptors (Lipinski definition) is 4. The molecule has 1 aromatic carbocycles. The summed E-state index contributed by atoms with van der Waals surface area (Å²) in [5, 5.41) is 0. The van der Waals surface area contributed by atoms with Crippen molar-refractivity contribution in [1.82, 2.24) is 14.8 Å². The fraction of sp³-hybridized carbons (Fsp3) is 0.400. The van der Waals surface area contributed by atoms with Crippen LogP contribution in [0.4, 0.5) is 0 Å². The predicted octanol–water partition coefficient (Wildman–Crippen LogP) is 2.37. The van der Waals surface area contributed by atoms with E-state index in [1.54, 1.807) is 12.4 Å². The normalized spacial score (nSPS) is 23.3. The molecule has 2 aliphatic rings. The van der Waals surface area contributed by atoms with Gasteiger partial charge in [0.1, 0.15) is 11.9 Å². The SMILES string of the molecule is Cc1ccc(C(=O)N2CCN3C[C@H](Oc4cccnc4)C[C@H]3C2)cc1. The summed E-state index contributed by atoms with van der Waals surface area (Å²) >= 11 is 0. The Morgan fingerprint density at radius 2 is 2.00 bits per heavy atom. The summed E-state index contributed by atoms with van der Waals surface area (Å²) < 4.78 is 6.05. The van der Waals surface area contributed by atoms with E-state index < -0.39 is 0 Å². The highest BCUT2D eigenvalue weighted by molar-refractivity contribution is 5.94. The number of aryl methyl sites for hydroxylation is 1. The third-order valence-corrected chi connectivity index (χ3v) is 5.10. The molecule has 2 aliphatic heterocycles. The number of carbonyl (C=O) groups excluding carboxylic acids is 1. The molecule has 5 heteroatoms. The molecule has 0 N–H and O–H groups in total. The molecule has 2 aromatic rings. The van der Waals surface area contributed by atoms with Crippen molar-refractivity contribution in [1.29, 1.82) is 0 Å². The van der Waals surface area contributed by atoms with E-state index in [4.69, 9.17) is 4.74 Å². The Kier molecular flexibility index (Phi) is 4.40. The molecular formula is C20H23N3O2. The Labute approximate surface area is 148 Å². The molecule has 2 atom stereocenters. The molecule has 0 bridgehead atoms. The zero-order valence-corrected chi connectivity index (χ0v) is 14.5. The molecule has 0 saturated carbocycles. The molecular weight excluding hydrogens is 314 g/mol. The summed E-state index contributed by atoms with van der Waals surface area (Å²) in [5.74, 6) is 0.955. The van der Waals surface area contributed by atoms with Crippen molar-refractivity contribution in [2.45, 2.75) is 25.5 Å². The molecule has 0 unspecified atom stereocenters. The number of carbonyl (C=O) groups is 1. The third-order valence-electron chi connectivity index (χ3n) is 5.10. The van der Waals surface area contributed by atoms with Crippen molar-refractivity contribution in [2.75, 3.05) is 26.2 Å². The molecule has 25 heavy (non-hydrogen) atoms. The van der Waals surface area contributed by atoms with Crippen LogP contribution in [0, 0.1) is 6.92 Å². The number of nitrogens with zero attached hydrogens (tertiary/aromatic N) is 3. The summed E-state index contributed by atoms with van der Waals surface area (Å²) in [7, 11) is 0. The average Bonchev–Trinajstić information content (AvgIpc) is 3.04. The molecule has 2 fully saturated rings. The highest BCUT2D eigenvalue weighted by Gasteiger charge is 2.38. The maximum atomic E-state index is 12.7. The maximum absolute atomic E-state index is 12.7. The minimum absolute atomic E-state index is 0.135. The summed E-state index contributed by atoms with van der Waals surface area (Å²) in [6.07, 6.45) is 4.62. The smallest absolute Gasteiger partial charge is 0.253 e. The van der Waals surface area contributed by atoms with E-state index in [9.17, 15) is 4.79 Å². The van der Waals surface area contributed by atoms with Gasteiger partial charge in [-0.05, 0) is 31.2 Å². The van der Waals surface area contributed by atoms with Crippen LogP contribution in [-0.4, -0.2) is 59.0 Å². The number of rotatable bonds is 3. The lowest BCUT2D eigenvalue weighted by molar-refractivity contribution is 0.0570. The molecule has 0 spiro atoms. The van der Waals surface area contributed by atoms with Gasteiger partial charge in [-0.3, -0.25) is 14.7 Å². The Morgan fingerprint density at radius 1 is 1.16 bits per heavy atom. The molecule has 1 amide bonds. The fourth-order valence-electron chi connectivity index (χ4n) is 3.75. The van der Waals surface area contributed by atoms with E-state index in [1.807, 2.05) is 48.2 Å². The van der Waals surface area contributed by atoms with Crippen molar-refractivity contribution in [2.24, 2.45) is 0 Å². The van der Waals surface area contributed by atoms with Gasteiger partial charge in [-0.25, -0.2) is 0 Å². The van der Waals surface area contributed by atoms with E-state index in [0.29, 0.717) is 6.04 Å². The molecule has 130 valence electrons. The Hall–Kier alpha value is -2.40. The first-order valence-corrected chi connectivity index (χ1v) is 8.86. The van der Waals surface area contributed by atoms with Crippen LogP contribution < -0.4 is 4.74 Å². The summed E-state index contributed by atoms with van der Waals surface area (Å²) in [5.41, 5.74) is 1.95. The zero-order valence-electron chi connectivity index (χ0n) is 14.5. The van der Waals surface area contributed by atoms with E-state index in [-0.39, 0.29) is 12.0 Å². The third kappa shape index (κ3) is 3.51. The summed E-state index contributed by atoms with van der Waals surface area (Å²) in [4.78, 5) is 21.3. The zero-order chi connectivity index (χ0) is 17.2. The lowest BCUT2D eigenvalue weighted by Crippen LogP contribution is -2.52.